The van der Waals surface area contributed by atoms with Crippen molar-refractivity contribution >= 4 is 16.5 Å². The molecule has 2 N–H and O–H groups in total. The highest BCUT2D eigenvalue weighted by Crippen LogP contribution is 2.39. The fraction of sp³-hybridized carbons (Fsp3) is 0.348. The molecule has 0 aliphatic rings. The van der Waals surface area contributed by atoms with E-state index in [-0.39, 0.29) is 0 Å². The second kappa shape index (κ2) is 10.3. The molecule has 29 heavy (non-hydrogen) atoms. The van der Waals surface area contributed by atoms with E-state index in [1.54, 1.807) is 30.5 Å². The molecule has 6 heteroatoms. The third-order valence-electron chi connectivity index (χ3n) is 5.10. The molecule has 3 aromatic rings. The van der Waals surface area contributed by atoms with E-state index in [0.29, 0.717) is 0 Å². The maximum Gasteiger partial charge on any atom is 0.184 e. The maximum absolute atomic E-state index is 5.31. The number of methoxy groups -OCH3 is 2. The first-order chi connectivity index (χ1) is 14.2. The lowest BCUT2D eigenvalue weighted by molar-refractivity contribution is -0.894. The van der Waals surface area contributed by atoms with Gasteiger partial charge in [-0.3, -0.25) is 0 Å². The predicted octanol–water partition coefficient (Wildman–Crippen LogP) is 3.83. The van der Waals surface area contributed by atoms with Crippen LogP contribution in [0.2, 0.25) is 0 Å². The smallest absolute Gasteiger partial charge is 0.184 e. The van der Waals surface area contributed by atoms with E-state index in [2.05, 4.69) is 43.4 Å². The average Bonchev–Trinajstić information content (AvgIpc) is 3.21. The van der Waals surface area contributed by atoms with E-state index < -0.39 is 0 Å². The molecule has 2 aromatic carbocycles. The molecule has 1 heterocycles. The first-order valence-corrected chi connectivity index (χ1v) is 10.9. The van der Waals surface area contributed by atoms with Gasteiger partial charge < -0.3 is 19.7 Å². The Kier molecular flexibility index (Phi) is 7.49. The van der Waals surface area contributed by atoms with Gasteiger partial charge in [-0.15, -0.1) is 0 Å². The Hall–Kier alpha value is -2.57. The molecule has 0 amide bonds. The van der Waals surface area contributed by atoms with Gasteiger partial charge in [-0.25, -0.2) is 4.98 Å². The molecule has 0 radical (unpaired) electrons. The number of ether oxygens (including phenoxy) is 2. The predicted molar refractivity (Wildman–Crippen MR) is 121 cm³/mol. The number of rotatable bonds is 10. The van der Waals surface area contributed by atoms with Crippen molar-refractivity contribution in [3.8, 4) is 33.2 Å². The van der Waals surface area contributed by atoms with Crippen LogP contribution < -0.4 is 19.7 Å². The third kappa shape index (κ3) is 5.28. The van der Waals surface area contributed by atoms with E-state index in [1.165, 1.54) is 0 Å². The molecule has 0 bridgehead atoms. The molecule has 1 aromatic heterocycles. The van der Waals surface area contributed by atoms with Crippen LogP contribution in [0.5, 0.6) is 11.5 Å². The van der Waals surface area contributed by atoms with Gasteiger partial charge in [0, 0.05) is 5.56 Å². The topological polar surface area (TPSA) is 47.8 Å². The first kappa shape index (κ1) is 21.1. The van der Waals surface area contributed by atoms with Crippen molar-refractivity contribution in [3.05, 3.63) is 48.5 Å². The number of aromatic nitrogens is 1. The lowest BCUT2D eigenvalue weighted by atomic mass is 10.1. The number of nitrogens with zero attached hydrogens (tertiary/aromatic N) is 1. The van der Waals surface area contributed by atoms with Gasteiger partial charge in [-0.05, 0) is 67.9 Å². The number of hydrogen-bond acceptors (Lipinski definition) is 5. The number of hydrogen-bond donors (Lipinski definition) is 2. The monoisotopic (exact) mass is 412 g/mol. The molecule has 0 unspecified atom stereocenters. The summed E-state index contributed by atoms with van der Waals surface area (Å²) in [5, 5.41) is 4.48. The molecule has 0 spiro atoms. The van der Waals surface area contributed by atoms with E-state index >= 15 is 0 Å². The van der Waals surface area contributed by atoms with Crippen LogP contribution in [-0.2, 0) is 0 Å². The summed E-state index contributed by atoms with van der Waals surface area (Å²) in [6, 6.07) is 16.2. The summed E-state index contributed by atoms with van der Waals surface area (Å²) in [6.45, 7) is 8.74. The highest BCUT2D eigenvalue weighted by molar-refractivity contribution is 7.19. The van der Waals surface area contributed by atoms with Crippen molar-refractivity contribution in [2.75, 3.05) is 45.7 Å². The van der Waals surface area contributed by atoms with Gasteiger partial charge in [0.2, 0.25) is 0 Å². The minimum absolute atomic E-state index is 0.843. The van der Waals surface area contributed by atoms with Crippen LogP contribution in [0, 0.1) is 0 Å². The molecule has 0 aliphatic heterocycles. The normalized spacial score (nSPS) is 10.9. The lowest BCUT2D eigenvalue weighted by Crippen LogP contribution is -3.12. The molecule has 0 saturated carbocycles. The van der Waals surface area contributed by atoms with Crippen molar-refractivity contribution in [3.63, 3.8) is 0 Å². The van der Waals surface area contributed by atoms with E-state index in [4.69, 9.17) is 14.5 Å². The van der Waals surface area contributed by atoms with Crippen molar-refractivity contribution in [2.45, 2.75) is 13.8 Å². The van der Waals surface area contributed by atoms with Crippen LogP contribution in [0.25, 0.3) is 21.7 Å². The number of nitrogens with one attached hydrogen (secondary N) is 2. The molecular formula is C23H30N3O2S+. The second-order valence-electron chi connectivity index (χ2n) is 6.79. The van der Waals surface area contributed by atoms with Crippen molar-refractivity contribution in [1.82, 2.24) is 4.98 Å². The molecule has 0 aliphatic carbocycles. The van der Waals surface area contributed by atoms with Gasteiger partial charge in [0.25, 0.3) is 0 Å². The number of thiazole rings is 1. The number of likely N-dealkylation sites (N-methyl/N-ethyl adjacent to an activating group) is 1. The lowest BCUT2D eigenvalue weighted by Gasteiger charge is -2.15. The van der Waals surface area contributed by atoms with Crippen molar-refractivity contribution < 1.29 is 14.4 Å². The number of anilines is 1. The van der Waals surface area contributed by atoms with Gasteiger partial charge in [-0.1, -0.05) is 11.3 Å². The Balaban J connectivity index is 1.89. The zero-order valence-corrected chi connectivity index (χ0v) is 18.4. The summed E-state index contributed by atoms with van der Waals surface area (Å²) in [5.41, 5.74) is 3.20. The molecule has 0 saturated heterocycles. The zero-order valence-electron chi connectivity index (χ0n) is 17.6. The van der Waals surface area contributed by atoms with Crippen molar-refractivity contribution in [2.24, 2.45) is 0 Å². The fourth-order valence-corrected chi connectivity index (χ4v) is 4.25. The Morgan fingerprint density at radius 3 is 1.93 bits per heavy atom. The summed E-state index contributed by atoms with van der Waals surface area (Å²) in [7, 11) is 3.37. The molecule has 3 rings (SSSR count). The van der Waals surface area contributed by atoms with Crippen LogP contribution in [-0.4, -0.2) is 45.4 Å². The Morgan fingerprint density at radius 1 is 0.862 bits per heavy atom. The molecule has 154 valence electrons. The Morgan fingerprint density at radius 2 is 1.41 bits per heavy atom. The number of quaternary nitrogens is 1. The average molecular weight is 413 g/mol. The maximum atomic E-state index is 5.31. The highest BCUT2D eigenvalue weighted by atomic mass is 32.1. The highest BCUT2D eigenvalue weighted by Gasteiger charge is 2.16. The van der Waals surface area contributed by atoms with Gasteiger partial charge >= 0.3 is 0 Å². The van der Waals surface area contributed by atoms with Crippen molar-refractivity contribution in [1.29, 1.82) is 0 Å². The second-order valence-corrected chi connectivity index (χ2v) is 7.79. The van der Waals surface area contributed by atoms with Gasteiger partial charge in [0.1, 0.15) is 11.5 Å². The van der Waals surface area contributed by atoms with Crippen LogP contribution in [0.4, 0.5) is 5.13 Å². The standard InChI is InChI=1S/C23H29N3O2S/c1-5-26(6-2)16-15-24-23-25-21(17-7-11-19(27-3)12-8-17)22(29-23)18-9-13-20(28-4)14-10-18/h7-14H,5-6,15-16H2,1-4H3,(H,24,25)/p+1. The Labute approximate surface area is 177 Å². The van der Waals surface area contributed by atoms with E-state index in [0.717, 1.165) is 64.5 Å². The first-order valence-electron chi connectivity index (χ1n) is 10.1. The fourth-order valence-electron chi connectivity index (χ4n) is 3.23. The van der Waals surface area contributed by atoms with Gasteiger partial charge in [0.05, 0.1) is 51.0 Å². The van der Waals surface area contributed by atoms with Crippen LogP contribution in [0.1, 0.15) is 13.8 Å². The third-order valence-corrected chi connectivity index (χ3v) is 6.16. The molecule has 0 atom stereocenters. The summed E-state index contributed by atoms with van der Waals surface area (Å²) in [5.74, 6) is 1.69. The summed E-state index contributed by atoms with van der Waals surface area (Å²) >= 11 is 1.69. The number of benzene rings is 2. The summed E-state index contributed by atoms with van der Waals surface area (Å²) in [4.78, 5) is 7.66. The van der Waals surface area contributed by atoms with Gasteiger partial charge in [0.15, 0.2) is 5.13 Å². The quantitative estimate of drug-likeness (QED) is 0.531. The SMILES string of the molecule is CC[NH+](CC)CCNc1nc(-c2ccc(OC)cc2)c(-c2ccc(OC)cc2)s1. The van der Waals surface area contributed by atoms with Crippen LogP contribution in [0.3, 0.4) is 0 Å². The van der Waals surface area contributed by atoms with Crippen LogP contribution in [0.15, 0.2) is 48.5 Å². The molecule has 0 fully saturated rings. The summed E-state index contributed by atoms with van der Waals surface area (Å²) in [6.07, 6.45) is 0. The molecule has 5 nitrogen and oxygen atoms in total. The Bertz CT molecular complexity index is 822. The minimum atomic E-state index is 0.843. The van der Waals surface area contributed by atoms with E-state index in [9.17, 15) is 0 Å². The van der Waals surface area contributed by atoms with Gasteiger partial charge in [-0.2, -0.15) is 0 Å². The molecular weight excluding hydrogens is 382 g/mol. The minimum Gasteiger partial charge on any atom is -0.497 e. The van der Waals surface area contributed by atoms with E-state index in [1.807, 2.05) is 24.3 Å². The largest absolute Gasteiger partial charge is 0.497 e. The summed E-state index contributed by atoms with van der Waals surface area (Å²) < 4.78 is 10.6. The van der Waals surface area contributed by atoms with Crippen LogP contribution >= 0.6 is 11.3 Å². The zero-order chi connectivity index (χ0) is 20.6.